The van der Waals surface area contributed by atoms with Crippen molar-refractivity contribution in [3.63, 3.8) is 0 Å². The van der Waals surface area contributed by atoms with E-state index in [0.717, 1.165) is 17.1 Å². The van der Waals surface area contributed by atoms with E-state index in [-0.39, 0.29) is 68.1 Å². The molecule has 3 heterocycles. The second-order valence-corrected chi connectivity index (χ2v) is 9.93. The molecule has 1 atom stereocenters. The fourth-order valence-electron chi connectivity index (χ4n) is 4.21. The van der Waals surface area contributed by atoms with E-state index in [1.54, 1.807) is 12.1 Å². The lowest BCUT2D eigenvalue weighted by molar-refractivity contribution is -0.140. The summed E-state index contributed by atoms with van der Waals surface area (Å²) in [6.07, 6.45) is 3.24. The van der Waals surface area contributed by atoms with E-state index in [2.05, 4.69) is 41.2 Å². The summed E-state index contributed by atoms with van der Waals surface area (Å²) in [6, 6.07) is 4.84. The summed E-state index contributed by atoms with van der Waals surface area (Å²) in [6.45, 7) is 0.287. The SMILES string of the molecule is Nc1nc(=O)c2nc(CNc3ccc(C(=O)N[C@@H](CCC(=O)NCCNC(=O)CCN4C(=O)C=CC4=O)C(=O)O)cc3)cnc2[nH]1. The molecule has 1 aliphatic heterocycles. The quantitative estimate of drug-likeness (QED) is 0.0735. The van der Waals surface area contributed by atoms with Crippen molar-refractivity contribution in [2.45, 2.75) is 31.8 Å². The second-order valence-electron chi connectivity index (χ2n) is 9.93. The zero-order valence-corrected chi connectivity index (χ0v) is 24.2. The van der Waals surface area contributed by atoms with Crippen LogP contribution in [0.2, 0.25) is 0 Å². The average Bonchev–Trinajstić information content (AvgIpc) is 3.35. The van der Waals surface area contributed by atoms with Crippen molar-refractivity contribution in [1.82, 2.24) is 40.8 Å². The Morgan fingerprint density at radius 2 is 1.59 bits per heavy atom. The van der Waals surface area contributed by atoms with Crippen molar-refractivity contribution in [1.29, 1.82) is 0 Å². The summed E-state index contributed by atoms with van der Waals surface area (Å²) >= 11 is 0. The number of aromatic amines is 1. The molecule has 1 aromatic carbocycles. The number of nitrogens with one attached hydrogen (secondary N) is 5. The molecule has 240 valence electrons. The van der Waals surface area contributed by atoms with Gasteiger partial charge in [0.2, 0.25) is 17.8 Å². The van der Waals surface area contributed by atoms with Crippen LogP contribution in [0.15, 0.2) is 47.4 Å². The van der Waals surface area contributed by atoms with Crippen molar-refractivity contribution in [3.05, 3.63) is 64.2 Å². The van der Waals surface area contributed by atoms with Gasteiger partial charge in [0.05, 0.1) is 18.4 Å². The minimum absolute atomic E-state index is 0.0392. The number of amides is 5. The molecule has 0 radical (unpaired) electrons. The van der Waals surface area contributed by atoms with Crippen molar-refractivity contribution < 1.29 is 33.9 Å². The van der Waals surface area contributed by atoms with E-state index < -0.39 is 47.1 Å². The second kappa shape index (κ2) is 15.0. The maximum atomic E-state index is 12.7. The number of nitrogen functional groups attached to an aromatic ring is 1. The molecular formula is C28H30N10O8. The Morgan fingerprint density at radius 3 is 2.24 bits per heavy atom. The van der Waals surface area contributed by atoms with Crippen LogP contribution in [0.1, 0.15) is 35.3 Å². The number of anilines is 2. The van der Waals surface area contributed by atoms with Crippen molar-refractivity contribution in [2.75, 3.05) is 30.7 Å². The zero-order valence-electron chi connectivity index (χ0n) is 24.2. The summed E-state index contributed by atoms with van der Waals surface area (Å²) in [7, 11) is 0. The maximum absolute atomic E-state index is 12.7. The molecule has 1 aliphatic rings. The van der Waals surface area contributed by atoms with Crippen LogP contribution in [0.3, 0.4) is 0 Å². The lowest BCUT2D eigenvalue weighted by Crippen LogP contribution is -2.42. The molecule has 0 saturated carbocycles. The molecular weight excluding hydrogens is 604 g/mol. The number of fused-ring (bicyclic) bond motifs is 1. The van der Waals surface area contributed by atoms with Gasteiger partial charge in [-0.25, -0.2) is 14.8 Å². The topological polar surface area (TPSA) is 272 Å². The number of aliphatic carboxylic acids is 1. The van der Waals surface area contributed by atoms with Gasteiger partial charge in [0.1, 0.15) is 6.04 Å². The molecule has 5 amide bonds. The van der Waals surface area contributed by atoms with E-state index in [1.165, 1.54) is 18.3 Å². The highest BCUT2D eigenvalue weighted by molar-refractivity contribution is 6.13. The highest BCUT2D eigenvalue weighted by atomic mass is 16.4. The van der Waals surface area contributed by atoms with Gasteiger partial charge >= 0.3 is 11.5 Å². The van der Waals surface area contributed by atoms with Gasteiger partial charge in [-0.2, -0.15) is 4.98 Å². The number of carboxylic acid groups (broad SMARTS) is 1. The molecule has 18 heteroatoms. The standard InChI is InChI=1S/C28H30N10O8/c29-28-36-24-23(26(44)37-28)34-17(14-33-24)13-32-16-3-1-15(2-4-16)25(43)35-18(27(45)46)5-6-19(39)30-10-11-31-20(40)9-12-38-21(41)7-8-22(38)42/h1-4,7-8,14,18,32H,5-6,9-13H2,(H,30,39)(H,31,40)(H,35,43)(H,45,46)(H3,29,33,36,37,44)/t18-/m0/s1. The predicted molar refractivity (Wildman–Crippen MR) is 161 cm³/mol. The number of H-pyrrole nitrogens is 1. The third-order valence-corrected chi connectivity index (χ3v) is 6.61. The van der Waals surface area contributed by atoms with Gasteiger partial charge in [-0.15, -0.1) is 0 Å². The third-order valence-electron chi connectivity index (χ3n) is 6.61. The van der Waals surface area contributed by atoms with E-state index in [1.807, 2.05) is 0 Å². The number of nitrogens with two attached hydrogens (primary N) is 1. The Balaban J connectivity index is 1.16. The Kier molecular flexibility index (Phi) is 10.7. The van der Waals surface area contributed by atoms with Crippen LogP contribution in [0.5, 0.6) is 0 Å². The van der Waals surface area contributed by atoms with E-state index in [4.69, 9.17) is 5.73 Å². The first-order valence-electron chi connectivity index (χ1n) is 14.0. The number of benzene rings is 1. The number of nitrogens with zero attached hydrogens (tertiary/aromatic N) is 4. The normalized spacial score (nSPS) is 13.0. The van der Waals surface area contributed by atoms with E-state index in [9.17, 15) is 38.7 Å². The number of aromatic nitrogens is 4. The molecule has 46 heavy (non-hydrogen) atoms. The smallest absolute Gasteiger partial charge is 0.326 e. The number of rotatable bonds is 15. The summed E-state index contributed by atoms with van der Waals surface area (Å²) in [5.74, 6) is -3.90. The molecule has 0 unspecified atom stereocenters. The summed E-state index contributed by atoms with van der Waals surface area (Å²) in [5, 5.41) is 20.1. The molecule has 3 aromatic rings. The van der Waals surface area contributed by atoms with Crippen LogP contribution in [-0.2, 0) is 30.5 Å². The van der Waals surface area contributed by atoms with Gasteiger partial charge in [-0.05, 0) is 30.7 Å². The summed E-state index contributed by atoms with van der Waals surface area (Å²) in [4.78, 5) is 99.0. The molecule has 0 fully saturated rings. The Hall–Kier alpha value is -6.20. The van der Waals surface area contributed by atoms with Gasteiger partial charge in [0.15, 0.2) is 11.2 Å². The number of hydrogen-bond acceptors (Lipinski definition) is 12. The molecule has 8 N–H and O–H groups in total. The van der Waals surface area contributed by atoms with Gasteiger partial charge in [0.25, 0.3) is 17.7 Å². The molecule has 0 aliphatic carbocycles. The number of carbonyl (C=O) groups is 6. The van der Waals surface area contributed by atoms with Gasteiger partial charge in [-0.3, -0.25) is 33.7 Å². The molecule has 0 spiro atoms. The Morgan fingerprint density at radius 1 is 0.935 bits per heavy atom. The lowest BCUT2D eigenvalue weighted by atomic mass is 10.1. The molecule has 0 saturated heterocycles. The van der Waals surface area contributed by atoms with Crippen molar-refractivity contribution >= 4 is 58.3 Å². The van der Waals surface area contributed by atoms with Gasteiger partial charge < -0.3 is 37.1 Å². The van der Waals surface area contributed by atoms with Crippen LogP contribution in [-0.4, -0.2) is 91.1 Å². The molecule has 2 aromatic heterocycles. The van der Waals surface area contributed by atoms with Crippen molar-refractivity contribution in [3.8, 4) is 0 Å². The van der Waals surface area contributed by atoms with Crippen LogP contribution >= 0.6 is 0 Å². The molecule has 0 bridgehead atoms. The Bertz CT molecular complexity index is 1740. The highest BCUT2D eigenvalue weighted by Crippen LogP contribution is 2.12. The fraction of sp³-hybridized carbons (Fsp3) is 0.286. The fourth-order valence-corrected chi connectivity index (χ4v) is 4.21. The van der Waals surface area contributed by atoms with Crippen LogP contribution < -0.4 is 32.6 Å². The highest BCUT2D eigenvalue weighted by Gasteiger charge is 2.24. The summed E-state index contributed by atoms with van der Waals surface area (Å²) < 4.78 is 0. The van der Waals surface area contributed by atoms with Gasteiger partial charge in [0, 0.05) is 55.9 Å². The zero-order chi connectivity index (χ0) is 33.2. The maximum Gasteiger partial charge on any atom is 0.326 e. The monoisotopic (exact) mass is 634 g/mol. The Labute approximate surface area is 259 Å². The third kappa shape index (κ3) is 8.91. The molecule has 18 nitrogen and oxygen atoms in total. The first-order chi connectivity index (χ1) is 22.0. The number of carbonyl (C=O) groups excluding carboxylic acids is 5. The van der Waals surface area contributed by atoms with Gasteiger partial charge in [-0.1, -0.05) is 0 Å². The van der Waals surface area contributed by atoms with Crippen LogP contribution in [0.25, 0.3) is 11.2 Å². The number of carboxylic acids is 1. The van der Waals surface area contributed by atoms with Crippen LogP contribution in [0.4, 0.5) is 11.6 Å². The minimum Gasteiger partial charge on any atom is -0.480 e. The first-order valence-corrected chi connectivity index (χ1v) is 14.0. The number of hydrogen-bond donors (Lipinski definition) is 7. The predicted octanol–water partition coefficient (Wildman–Crippen LogP) is -1.58. The van der Waals surface area contributed by atoms with Crippen molar-refractivity contribution in [2.24, 2.45) is 0 Å². The first kappa shape index (κ1) is 32.7. The summed E-state index contributed by atoms with van der Waals surface area (Å²) in [5.41, 5.74) is 6.40. The lowest BCUT2D eigenvalue weighted by Gasteiger charge is -2.15. The number of imide groups is 1. The van der Waals surface area contributed by atoms with E-state index in [0.29, 0.717) is 11.4 Å². The average molecular weight is 635 g/mol. The minimum atomic E-state index is -1.33. The molecule has 4 rings (SSSR count). The largest absolute Gasteiger partial charge is 0.480 e. The van der Waals surface area contributed by atoms with E-state index >= 15 is 0 Å². The van der Waals surface area contributed by atoms with Crippen LogP contribution in [0, 0.1) is 0 Å².